The summed E-state index contributed by atoms with van der Waals surface area (Å²) in [5.41, 5.74) is 3.78. The van der Waals surface area contributed by atoms with Crippen molar-refractivity contribution in [2.75, 3.05) is 33.3 Å². The van der Waals surface area contributed by atoms with Crippen molar-refractivity contribution in [1.29, 1.82) is 0 Å². The first-order valence-electron chi connectivity index (χ1n) is 9.15. The molecule has 0 radical (unpaired) electrons. The highest BCUT2D eigenvalue weighted by Crippen LogP contribution is 2.13. The van der Waals surface area contributed by atoms with E-state index in [1.807, 2.05) is 11.7 Å². The average molecular weight is 342 g/mol. The highest BCUT2D eigenvalue weighted by molar-refractivity contribution is 5.15. The fourth-order valence-electron chi connectivity index (χ4n) is 3.57. The van der Waals surface area contributed by atoms with Crippen molar-refractivity contribution in [3.63, 3.8) is 0 Å². The summed E-state index contributed by atoms with van der Waals surface area (Å²) in [6.45, 7) is 7.90. The molecule has 3 rings (SSSR count). The Morgan fingerprint density at radius 3 is 2.80 bits per heavy atom. The molecule has 2 aromatic rings. The molecule has 0 N–H and O–H groups in total. The van der Waals surface area contributed by atoms with Gasteiger partial charge in [0.15, 0.2) is 0 Å². The minimum absolute atomic E-state index is 0.258. The number of hydrogen-bond donors (Lipinski definition) is 0. The molecule has 0 bridgehead atoms. The molecule has 5 nitrogen and oxygen atoms in total. The van der Waals surface area contributed by atoms with E-state index in [-0.39, 0.29) is 6.10 Å². The SMILES string of the molecule is Cc1nn(C)cc1CN(C)C[C@@H]1CN(Cc2ccccc2)CCCO1. The van der Waals surface area contributed by atoms with Crippen LogP contribution in [0, 0.1) is 6.92 Å². The molecule has 2 heterocycles. The predicted molar refractivity (Wildman–Crippen MR) is 100 cm³/mol. The number of ether oxygens (including phenoxy) is 1. The molecule has 1 aromatic heterocycles. The van der Waals surface area contributed by atoms with Crippen LogP contribution in [0.15, 0.2) is 36.5 Å². The van der Waals surface area contributed by atoms with E-state index in [0.29, 0.717) is 0 Å². The van der Waals surface area contributed by atoms with Gasteiger partial charge in [-0.15, -0.1) is 0 Å². The Balaban J connectivity index is 1.54. The van der Waals surface area contributed by atoms with Crippen molar-refractivity contribution in [3.05, 3.63) is 53.3 Å². The molecule has 0 aliphatic carbocycles. The molecule has 0 spiro atoms. The monoisotopic (exact) mass is 342 g/mol. The maximum atomic E-state index is 6.11. The maximum absolute atomic E-state index is 6.11. The van der Waals surface area contributed by atoms with E-state index in [1.54, 1.807) is 0 Å². The summed E-state index contributed by atoms with van der Waals surface area (Å²) in [7, 11) is 4.15. The lowest BCUT2D eigenvalue weighted by atomic mass is 10.2. The first-order valence-corrected chi connectivity index (χ1v) is 9.15. The van der Waals surface area contributed by atoms with Crippen molar-refractivity contribution in [2.45, 2.75) is 32.5 Å². The standard InChI is InChI=1S/C20H30N4O/c1-17-19(14-23(3)21-17)13-22(2)15-20-16-24(10-7-11-25-20)12-18-8-5-4-6-9-18/h4-6,8-9,14,20H,7,10-13,15-16H2,1-3H3/t20-/m1/s1. The molecule has 1 aliphatic heterocycles. The molecule has 0 amide bonds. The zero-order valence-electron chi connectivity index (χ0n) is 15.7. The minimum atomic E-state index is 0.258. The number of likely N-dealkylation sites (N-methyl/N-ethyl adjacent to an activating group) is 1. The number of rotatable bonds is 6. The van der Waals surface area contributed by atoms with E-state index in [0.717, 1.165) is 51.4 Å². The quantitative estimate of drug-likeness (QED) is 0.807. The van der Waals surface area contributed by atoms with Gasteiger partial charge >= 0.3 is 0 Å². The van der Waals surface area contributed by atoms with E-state index in [9.17, 15) is 0 Å². The summed E-state index contributed by atoms with van der Waals surface area (Å²) in [6, 6.07) is 10.7. The minimum Gasteiger partial charge on any atom is -0.376 e. The van der Waals surface area contributed by atoms with Crippen LogP contribution in [0.1, 0.15) is 23.2 Å². The molecule has 1 fully saturated rings. The Hall–Kier alpha value is -1.69. The smallest absolute Gasteiger partial charge is 0.0828 e. The van der Waals surface area contributed by atoms with Gasteiger partial charge in [-0.2, -0.15) is 5.10 Å². The van der Waals surface area contributed by atoms with E-state index >= 15 is 0 Å². The van der Waals surface area contributed by atoms with Gasteiger partial charge in [-0.1, -0.05) is 30.3 Å². The lowest BCUT2D eigenvalue weighted by molar-refractivity contribution is 0.0297. The summed E-state index contributed by atoms with van der Waals surface area (Å²) in [5.74, 6) is 0. The van der Waals surface area contributed by atoms with E-state index in [1.165, 1.54) is 11.1 Å². The number of nitrogens with zero attached hydrogens (tertiary/aromatic N) is 4. The molecular formula is C20H30N4O. The molecule has 0 unspecified atom stereocenters. The van der Waals surface area contributed by atoms with Crippen molar-refractivity contribution in [1.82, 2.24) is 19.6 Å². The van der Waals surface area contributed by atoms with Gasteiger partial charge in [-0.05, 0) is 26.0 Å². The highest BCUT2D eigenvalue weighted by atomic mass is 16.5. The van der Waals surface area contributed by atoms with Gasteiger partial charge in [0, 0.05) is 58.1 Å². The summed E-state index contributed by atoms with van der Waals surface area (Å²) in [6.07, 6.45) is 3.48. The van der Waals surface area contributed by atoms with Crippen LogP contribution >= 0.6 is 0 Å². The number of aryl methyl sites for hydroxylation is 2. The molecule has 1 saturated heterocycles. The van der Waals surface area contributed by atoms with Crippen LogP contribution in [0.4, 0.5) is 0 Å². The first-order chi connectivity index (χ1) is 12.1. The Morgan fingerprint density at radius 1 is 1.28 bits per heavy atom. The third-order valence-corrected chi connectivity index (χ3v) is 4.75. The topological polar surface area (TPSA) is 33.5 Å². The molecule has 0 saturated carbocycles. The van der Waals surface area contributed by atoms with Crippen LogP contribution < -0.4 is 0 Å². The molecular weight excluding hydrogens is 312 g/mol. The van der Waals surface area contributed by atoms with Gasteiger partial charge in [0.05, 0.1) is 11.8 Å². The molecule has 136 valence electrons. The van der Waals surface area contributed by atoms with E-state index in [2.05, 4.69) is 65.4 Å². The summed E-state index contributed by atoms with van der Waals surface area (Å²) >= 11 is 0. The van der Waals surface area contributed by atoms with Crippen molar-refractivity contribution in [2.24, 2.45) is 7.05 Å². The van der Waals surface area contributed by atoms with Crippen LogP contribution in [-0.2, 0) is 24.9 Å². The summed E-state index contributed by atoms with van der Waals surface area (Å²) in [5, 5.41) is 4.44. The van der Waals surface area contributed by atoms with Crippen LogP contribution in [0.2, 0.25) is 0 Å². The number of aromatic nitrogens is 2. The average Bonchev–Trinajstić information content (AvgIpc) is 2.76. The van der Waals surface area contributed by atoms with Gasteiger partial charge < -0.3 is 4.74 Å². The molecule has 1 atom stereocenters. The van der Waals surface area contributed by atoms with E-state index in [4.69, 9.17) is 4.74 Å². The van der Waals surface area contributed by atoms with Gasteiger partial charge in [0.1, 0.15) is 0 Å². The number of benzene rings is 1. The molecule has 5 heteroatoms. The first kappa shape index (κ1) is 18.1. The molecule has 1 aromatic carbocycles. The van der Waals surface area contributed by atoms with Crippen molar-refractivity contribution >= 4 is 0 Å². The third-order valence-electron chi connectivity index (χ3n) is 4.75. The highest BCUT2D eigenvalue weighted by Gasteiger charge is 2.20. The third kappa shape index (κ3) is 5.39. The number of hydrogen-bond acceptors (Lipinski definition) is 4. The second kappa shape index (κ2) is 8.61. The zero-order valence-corrected chi connectivity index (χ0v) is 15.7. The van der Waals surface area contributed by atoms with E-state index < -0.39 is 0 Å². The predicted octanol–water partition coefficient (Wildman–Crippen LogP) is 2.45. The van der Waals surface area contributed by atoms with Crippen molar-refractivity contribution in [3.8, 4) is 0 Å². The van der Waals surface area contributed by atoms with Gasteiger partial charge in [0.25, 0.3) is 0 Å². The zero-order chi connectivity index (χ0) is 17.6. The van der Waals surface area contributed by atoms with Crippen LogP contribution in [-0.4, -0.2) is 59.0 Å². The Labute approximate surface area is 151 Å². The Morgan fingerprint density at radius 2 is 2.08 bits per heavy atom. The van der Waals surface area contributed by atoms with Gasteiger partial charge in [0.2, 0.25) is 0 Å². The summed E-state index contributed by atoms with van der Waals surface area (Å²) < 4.78 is 8.00. The fourth-order valence-corrected chi connectivity index (χ4v) is 3.57. The second-order valence-electron chi connectivity index (χ2n) is 7.18. The maximum Gasteiger partial charge on any atom is 0.0828 e. The Bertz CT molecular complexity index is 655. The molecule has 25 heavy (non-hydrogen) atoms. The normalized spacial score (nSPS) is 19.3. The Kier molecular flexibility index (Phi) is 6.24. The fraction of sp³-hybridized carbons (Fsp3) is 0.550. The van der Waals surface area contributed by atoms with Crippen LogP contribution in [0.5, 0.6) is 0 Å². The van der Waals surface area contributed by atoms with Crippen LogP contribution in [0.3, 0.4) is 0 Å². The summed E-state index contributed by atoms with van der Waals surface area (Å²) in [4.78, 5) is 4.87. The van der Waals surface area contributed by atoms with Crippen molar-refractivity contribution < 1.29 is 4.74 Å². The van der Waals surface area contributed by atoms with Crippen LogP contribution in [0.25, 0.3) is 0 Å². The largest absolute Gasteiger partial charge is 0.376 e. The van der Waals surface area contributed by atoms with Gasteiger partial charge in [-0.3, -0.25) is 14.5 Å². The lowest BCUT2D eigenvalue weighted by Gasteiger charge is -2.27. The molecule has 1 aliphatic rings. The second-order valence-corrected chi connectivity index (χ2v) is 7.18. The van der Waals surface area contributed by atoms with Gasteiger partial charge in [-0.25, -0.2) is 0 Å². The lowest BCUT2D eigenvalue weighted by Crippen LogP contribution is -2.38.